The molecule has 1 aromatic carbocycles. The molecule has 2 aromatic rings. The molecule has 120 valence electrons. The van der Waals surface area contributed by atoms with Crippen LogP contribution in [0.25, 0.3) is 0 Å². The number of hydrogen-bond acceptors (Lipinski definition) is 5. The van der Waals surface area contributed by atoms with Crippen LogP contribution < -0.4 is 15.4 Å². The fourth-order valence-electron chi connectivity index (χ4n) is 3.53. The average Bonchev–Trinajstić information content (AvgIpc) is 3.09. The molecular weight excluding hydrogens is 288 g/mol. The van der Waals surface area contributed by atoms with Crippen molar-refractivity contribution in [2.45, 2.75) is 25.7 Å². The molecule has 0 aliphatic carbocycles. The van der Waals surface area contributed by atoms with Crippen LogP contribution in [0.1, 0.15) is 24.1 Å². The van der Waals surface area contributed by atoms with Crippen molar-refractivity contribution >= 4 is 11.8 Å². The molecule has 2 aliphatic heterocycles. The van der Waals surface area contributed by atoms with Crippen LogP contribution in [0, 0.1) is 5.92 Å². The quantitative estimate of drug-likeness (QED) is 0.943. The summed E-state index contributed by atoms with van der Waals surface area (Å²) in [5.41, 5.74) is 8.23. The van der Waals surface area contributed by atoms with E-state index in [1.54, 1.807) is 0 Å². The standard InChI is InChI=1S/C18H22N4O/c19-18-20-15(11-17(21-18)22-7-3-4-8-22)10-13-9-14-5-1-2-6-16(14)23-12-13/h1-2,5-6,11,13H,3-4,7-10,12H2,(H2,19,20,21)/t13-/m1/s1. The lowest BCUT2D eigenvalue weighted by Gasteiger charge is -2.25. The Morgan fingerprint density at radius 3 is 2.87 bits per heavy atom. The first-order valence-corrected chi connectivity index (χ1v) is 8.37. The number of fused-ring (bicyclic) bond motifs is 1. The first kappa shape index (κ1) is 14.3. The third kappa shape index (κ3) is 3.09. The monoisotopic (exact) mass is 310 g/mol. The van der Waals surface area contributed by atoms with Crippen molar-refractivity contribution in [1.82, 2.24) is 9.97 Å². The molecule has 1 aromatic heterocycles. The van der Waals surface area contributed by atoms with Gasteiger partial charge in [0, 0.05) is 30.8 Å². The van der Waals surface area contributed by atoms with Gasteiger partial charge in [-0.1, -0.05) is 18.2 Å². The van der Waals surface area contributed by atoms with Gasteiger partial charge in [-0.25, -0.2) is 4.98 Å². The lowest BCUT2D eigenvalue weighted by Crippen LogP contribution is -2.24. The van der Waals surface area contributed by atoms with E-state index >= 15 is 0 Å². The second-order valence-electron chi connectivity index (χ2n) is 6.46. The number of ether oxygens (including phenoxy) is 1. The van der Waals surface area contributed by atoms with Crippen LogP contribution >= 0.6 is 0 Å². The van der Waals surface area contributed by atoms with Gasteiger partial charge in [-0.15, -0.1) is 0 Å². The number of nitrogens with two attached hydrogens (primary N) is 1. The molecule has 23 heavy (non-hydrogen) atoms. The fourth-order valence-corrected chi connectivity index (χ4v) is 3.53. The Balaban J connectivity index is 1.51. The minimum absolute atomic E-state index is 0.376. The van der Waals surface area contributed by atoms with Gasteiger partial charge in [0.15, 0.2) is 0 Å². The second-order valence-corrected chi connectivity index (χ2v) is 6.46. The Bertz CT molecular complexity index is 697. The highest BCUT2D eigenvalue weighted by Gasteiger charge is 2.22. The summed E-state index contributed by atoms with van der Waals surface area (Å²) in [6, 6.07) is 10.4. The second kappa shape index (κ2) is 6.07. The van der Waals surface area contributed by atoms with E-state index in [9.17, 15) is 0 Å². The molecule has 3 heterocycles. The number of para-hydroxylation sites is 1. The van der Waals surface area contributed by atoms with Gasteiger partial charge in [-0.2, -0.15) is 4.98 Å². The highest BCUT2D eigenvalue weighted by atomic mass is 16.5. The molecule has 0 bridgehead atoms. The van der Waals surface area contributed by atoms with Gasteiger partial charge in [0.1, 0.15) is 11.6 Å². The highest BCUT2D eigenvalue weighted by molar-refractivity contribution is 5.44. The number of benzene rings is 1. The Hall–Kier alpha value is -2.30. The molecule has 1 atom stereocenters. The number of anilines is 2. The van der Waals surface area contributed by atoms with Crippen LogP contribution in [0.4, 0.5) is 11.8 Å². The number of aromatic nitrogens is 2. The summed E-state index contributed by atoms with van der Waals surface area (Å²) < 4.78 is 5.88. The molecular formula is C18H22N4O. The largest absolute Gasteiger partial charge is 0.493 e. The van der Waals surface area contributed by atoms with E-state index in [1.807, 2.05) is 12.1 Å². The summed E-state index contributed by atoms with van der Waals surface area (Å²) in [6.07, 6.45) is 4.36. The van der Waals surface area contributed by atoms with Gasteiger partial charge in [-0.05, 0) is 37.3 Å². The van der Waals surface area contributed by atoms with Crippen LogP contribution in [0.15, 0.2) is 30.3 Å². The van der Waals surface area contributed by atoms with Crippen molar-refractivity contribution in [3.05, 3.63) is 41.6 Å². The molecule has 0 saturated carbocycles. The van der Waals surface area contributed by atoms with Crippen LogP contribution in [0.3, 0.4) is 0 Å². The first-order chi connectivity index (χ1) is 11.3. The van der Waals surface area contributed by atoms with E-state index in [0.717, 1.165) is 49.8 Å². The molecule has 5 heteroatoms. The number of rotatable bonds is 3. The maximum Gasteiger partial charge on any atom is 0.222 e. The lowest BCUT2D eigenvalue weighted by atomic mass is 9.93. The van der Waals surface area contributed by atoms with Gasteiger partial charge in [0.05, 0.1) is 6.61 Å². The van der Waals surface area contributed by atoms with Crippen LogP contribution in [-0.2, 0) is 12.8 Å². The van der Waals surface area contributed by atoms with Crippen LogP contribution in [0.2, 0.25) is 0 Å². The van der Waals surface area contributed by atoms with Crippen LogP contribution in [0.5, 0.6) is 5.75 Å². The summed E-state index contributed by atoms with van der Waals surface area (Å²) >= 11 is 0. The highest BCUT2D eigenvalue weighted by Crippen LogP contribution is 2.29. The van der Waals surface area contributed by atoms with Crippen molar-refractivity contribution < 1.29 is 4.74 Å². The lowest BCUT2D eigenvalue weighted by molar-refractivity contribution is 0.220. The molecule has 4 rings (SSSR count). The van der Waals surface area contributed by atoms with Gasteiger partial charge in [-0.3, -0.25) is 0 Å². The van der Waals surface area contributed by atoms with Crippen molar-refractivity contribution in [2.24, 2.45) is 5.92 Å². The minimum atomic E-state index is 0.376. The van der Waals surface area contributed by atoms with E-state index in [4.69, 9.17) is 10.5 Å². The predicted molar refractivity (Wildman–Crippen MR) is 90.7 cm³/mol. The topological polar surface area (TPSA) is 64.3 Å². The Morgan fingerprint density at radius 1 is 1.17 bits per heavy atom. The smallest absolute Gasteiger partial charge is 0.222 e. The SMILES string of the molecule is Nc1nc(C[C@@H]2COc3ccccc3C2)cc(N2CCCC2)n1. The number of nitrogen functional groups attached to an aromatic ring is 1. The predicted octanol–water partition coefficient (Wildman–Crippen LogP) is 2.45. The Morgan fingerprint density at radius 2 is 2.00 bits per heavy atom. The van der Waals surface area contributed by atoms with E-state index < -0.39 is 0 Å². The zero-order valence-electron chi connectivity index (χ0n) is 13.2. The van der Waals surface area contributed by atoms with Gasteiger partial charge >= 0.3 is 0 Å². The molecule has 1 fully saturated rings. The van der Waals surface area contributed by atoms with Crippen molar-refractivity contribution in [3.8, 4) is 5.75 Å². The molecule has 0 spiro atoms. The third-order valence-corrected chi connectivity index (χ3v) is 4.67. The Kier molecular flexibility index (Phi) is 3.77. The fraction of sp³-hybridized carbons (Fsp3) is 0.444. The van der Waals surface area contributed by atoms with E-state index in [0.29, 0.717) is 11.9 Å². The molecule has 0 radical (unpaired) electrons. The summed E-state index contributed by atoms with van der Waals surface area (Å²) in [5.74, 6) is 2.80. The zero-order valence-corrected chi connectivity index (χ0v) is 13.2. The molecule has 2 aliphatic rings. The molecule has 0 unspecified atom stereocenters. The maximum atomic E-state index is 5.93. The van der Waals surface area contributed by atoms with E-state index in [1.165, 1.54) is 18.4 Å². The van der Waals surface area contributed by atoms with Crippen LogP contribution in [-0.4, -0.2) is 29.7 Å². The van der Waals surface area contributed by atoms with Crippen molar-refractivity contribution in [2.75, 3.05) is 30.3 Å². The van der Waals surface area contributed by atoms with Gasteiger partial charge in [0.2, 0.25) is 5.95 Å². The summed E-state index contributed by atoms with van der Waals surface area (Å²) in [4.78, 5) is 11.1. The summed E-state index contributed by atoms with van der Waals surface area (Å²) in [7, 11) is 0. The van der Waals surface area contributed by atoms with Gasteiger partial charge in [0.25, 0.3) is 0 Å². The molecule has 5 nitrogen and oxygen atoms in total. The van der Waals surface area contributed by atoms with E-state index in [-0.39, 0.29) is 0 Å². The Labute approximate surface area is 136 Å². The molecule has 2 N–H and O–H groups in total. The van der Waals surface area contributed by atoms with Gasteiger partial charge < -0.3 is 15.4 Å². The number of nitrogens with zero attached hydrogens (tertiary/aromatic N) is 3. The minimum Gasteiger partial charge on any atom is -0.493 e. The summed E-state index contributed by atoms with van der Waals surface area (Å²) in [6.45, 7) is 2.87. The van der Waals surface area contributed by atoms with Crippen molar-refractivity contribution in [3.63, 3.8) is 0 Å². The number of hydrogen-bond donors (Lipinski definition) is 1. The maximum absolute atomic E-state index is 5.93. The molecule has 1 saturated heterocycles. The third-order valence-electron chi connectivity index (χ3n) is 4.67. The average molecular weight is 310 g/mol. The zero-order chi connectivity index (χ0) is 15.6. The molecule has 0 amide bonds. The normalized spacial score (nSPS) is 20.2. The first-order valence-electron chi connectivity index (χ1n) is 8.37. The van der Waals surface area contributed by atoms with E-state index in [2.05, 4.69) is 33.1 Å². The summed E-state index contributed by atoms with van der Waals surface area (Å²) in [5, 5.41) is 0. The van der Waals surface area contributed by atoms with Crippen molar-refractivity contribution in [1.29, 1.82) is 0 Å².